The van der Waals surface area contributed by atoms with Crippen molar-refractivity contribution < 1.29 is 15.0 Å². The van der Waals surface area contributed by atoms with Crippen LogP contribution in [0.15, 0.2) is 0 Å². The van der Waals surface area contributed by atoms with E-state index in [1.807, 2.05) is 6.92 Å². The molecular formula is C21H34O3. The highest BCUT2D eigenvalue weighted by Crippen LogP contribution is 2.68. The van der Waals surface area contributed by atoms with Gasteiger partial charge in [0.15, 0.2) is 0 Å². The zero-order chi connectivity index (χ0) is 17.3. The van der Waals surface area contributed by atoms with Gasteiger partial charge in [-0.2, -0.15) is 0 Å². The summed E-state index contributed by atoms with van der Waals surface area (Å²) >= 11 is 0. The number of carbonyl (C=O) groups is 1. The van der Waals surface area contributed by atoms with Crippen molar-refractivity contribution in [2.45, 2.75) is 77.7 Å². The Kier molecular flexibility index (Phi) is 3.76. The van der Waals surface area contributed by atoms with Crippen molar-refractivity contribution in [3.05, 3.63) is 0 Å². The zero-order valence-corrected chi connectivity index (χ0v) is 15.6. The largest absolute Gasteiger partial charge is 0.396 e. The van der Waals surface area contributed by atoms with E-state index in [1.165, 1.54) is 6.42 Å². The van der Waals surface area contributed by atoms with Crippen LogP contribution in [-0.2, 0) is 4.79 Å². The standard InChI is InChI=1S/C21H34O3/c1-13-10-15(23)11-14-4-5-16-17-7-9-20(3,24)19(17,2)8-6-18(16)21(13,14)12-22/h13-14,16-18,22,24H,4-12H2,1-3H3/t13-,14-,16-,17-,18-,19-,20-,21-/m0/s1. The van der Waals surface area contributed by atoms with E-state index in [1.54, 1.807) is 0 Å². The molecule has 4 aliphatic rings. The first kappa shape index (κ1) is 17.0. The second-order valence-electron chi connectivity index (χ2n) is 10.0. The Morgan fingerprint density at radius 3 is 2.46 bits per heavy atom. The van der Waals surface area contributed by atoms with Crippen molar-refractivity contribution in [2.75, 3.05) is 6.61 Å². The van der Waals surface area contributed by atoms with Crippen molar-refractivity contribution in [3.8, 4) is 0 Å². The monoisotopic (exact) mass is 334 g/mol. The summed E-state index contributed by atoms with van der Waals surface area (Å²) < 4.78 is 0. The molecule has 136 valence electrons. The van der Waals surface area contributed by atoms with Crippen molar-refractivity contribution >= 4 is 5.78 Å². The summed E-state index contributed by atoms with van der Waals surface area (Å²) in [5.41, 5.74) is -0.558. The van der Waals surface area contributed by atoms with E-state index in [0.717, 1.165) is 32.1 Å². The van der Waals surface area contributed by atoms with Gasteiger partial charge in [0, 0.05) is 24.9 Å². The number of ketones is 1. The van der Waals surface area contributed by atoms with Gasteiger partial charge in [-0.15, -0.1) is 0 Å². The predicted octanol–water partition coefficient (Wildman–Crippen LogP) is 3.57. The molecule has 4 fully saturated rings. The molecule has 0 saturated heterocycles. The predicted molar refractivity (Wildman–Crippen MR) is 93.3 cm³/mol. The summed E-state index contributed by atoms with van der Waals surface area (Å²) in [6, 6.07) is 0. The first-order valence-corrected chi connectivity index (χ1v) is 10.1. The summed E-state index contributed by atoms with van der Waals surface area (Å²) in [5.74, 6) is 2.83. The van der Waals surface area contributed by atoms with Gasteiger partial charge in [0.25, 0.3) is 0 Å². The maximum absolute atomic E-state index is 12.2. The average Bonchev–Trinajstić information content (AvgIpc) is 2.77. The molecule has 0 bridgehead atoms. The summed E-state index contributed by atoms with van der Waals surface area (Å²) in [6.45, 7) is 6.81. The molecule has 0 amide bonds. The van der Waals surface area contributed by atoms with Crippen LogP contribution in [0.1, 0.15) is 72.1 Å². The molecule has 0 aromatic rings. The second-order valence-corrected chi connectivity index (χ2v) is 10.0. The third-order valence-electron chi connectivity index (χ3n) is 9.50. The molecule has 0 spiro atoms. The van der Waals surface area contributed by atoms with Gasteiger partial charge in [0.2, 0.25) is 0 Å². The van der Waals surface area contributed by atoms with Crippen molar-refractivity contribution in [1.29, 1.82) is 0 Å². The molecule has 4 aliphatic carbocycles. The number of aliphatic hydroxyl groups excluding tert-OH is 1. The summed E-state index contributed by atoms with van der Waals surface area (Å²) in [4.78, 5) is 12.2. The molecule has 0 unspecified atom stereocenters. The van der Waals surface area contributed by atoms with E-state index in [0.29, 0.717) is 48.2 Å². The number of carbonyl (C=O) groups excluding carboxylic acids is 1. The van der Waals surface area contributed by atoms with Gasteiger partial charge >= 0.3 is 0 Å². The fraction of sp³-hybridized carbons (Fsp3) is 0.952. The van der Waals surface area contributed by atoms with Crippen molar-refractivity contribution in [1.82, 2.24) is 0 Å². The van der Waals surface area contributed by atoms with Gasteiger partial charge in [0.05, 0.1) is 5.60 Å². The van der Waals surface area contributed by atoms with Crippen LogP contribution in [0.4, 0.5) is 0 Å². The molecule has 3 heteroatoms. The van der Waals surface area contributed by atoms with E-state index < -0.39 is 5.60 Å². The molecule has 24 heavy (non-hydrogen) atoms. The minimum atomic E-state index is -0.542. The number of Topliss-reactive ketones (excluding diaryl/α,β-unsaturated/α-hetero) is 1. The molecule has 2 N–H and O–H groups in total. The Morgan fingerprint density at radius 2 is 1.75 bits per heavy atom. The number of hydrogen-bond acceptors (Lipinski definition) is 3. The van der Waals surface area contributed by atoms with Gasteiger partial charge in [-0.1, -0.05) is 13.8 Å². The highest BCUT2D eigenvalue weighted by molar-refractivity contribution is 5.80. The van der Waals surface area contributed by atoms with Crippen LogP contribution in [0, 0.1) is 40.4 Å². The lowest BCUT2D eigenvalue weighted by Gasteiger charge is -2.63. The van der Waals surface area contributed by atoms with Crippen LogP contribution in [0.25, 0.3) is 0 Å². The SMILES string of the molecule is C[C@H]1CC(=O)C[C@@H]2CC[C@@H]3[C@H](CC[C@@]4(C)[C@H]3CC[C@]4(C)O)[C@]21CO. The smallest absolute Gasteiger partial charge is 0.133 e. The highest BCUT2D eigenvalue weighted by Gasteiger charge is 2.65. The molecule has 4 saturated carbocycles. The minimum absolute atomic E-state index is 0.0331. The third kappa shape index (κ3) is 1.95. The molecule has 0 aromatic heterocycles. The van der Waals surface area contributed by atoms with Crippen LogP contribution >= 0.6 is 0 Å². The molecule has 0 heterocycles. The normalized spacial score (nSPS) is 57.2. The van der Waals surface area contributed by atoms with Gasteiger partial charge in [0.1, 0.15) is 5.78 Å². The molecule has 0 aliphatic heterocycles. The lowest BCUT2D eigenvalue weighted by atomic mass is 9.42. The maximum atomic E-state index is 12.2. The van der Waals surface area contributed by atoms with E-state index in [-0.39, 0.29) is 17.4 Å². The molecule has 3 nitrogen and oxygen atoms in total. The number of rotatable bonds is 1. The Hall–Kier alpha value is -0.410. The Labute approximate surface area is 146 Å². The van der Waals surface area contributed by atoms with Crippen LogP contribution < -0.4 is 0 Å². The molecule has 4 rings (SSSR count). The summed E-state index contributed by atoms with van der Waals surface area (Å²) in [5, 5.41) is 21.5. The summed E-state index contributed by atoms with van der Waals surface area (Å²) in [6.07, 6.45) is 7.85. The quantitative estimate of drug-likeness (QED) is 0.771. The first-order valence-electron chi connectivity index (χ1n) is 10.1. The van der Waals surface area contributed by atoms with Gasteiger partial charge < -0.3 is 10.2 Å². The van der Waals surface area contributed by atoms with E-state index in [4.69, 9.17) is 0 Å². The molecular weight excluding hydrogens is 300 g/mol. The first-order chi connectivity index (χ1) is 11.3. The molecule has 0 radical (unpaired) electrons. The van der Waals surface area contributed by atoms with E-state index in [9.17, 15) is 15.0 Å². The number of fused-ring (bicyclic) bond motifs is 5. The number of aliphatic hydroxyl groups is 2. The van der Waals surface area contributed by atoms with Crippen LogP contribution in [0.5, 0.6) is 0 Å². The molecule has 0 aromatic carbocycles. The average molecular weight is 335 g/mol. The van der Waals surface area contributed by atoms with Crippen molar-refractivity contribution in [3.63, 3.8) is 0 Å². The minimum Gasteiger partial charge on any atom is -0.396 e. The summed E-state index contributed by atoms with van der Waals surface area (Å²) in [7, 11) is 0. The Bertz CT molecular complexity index is 541. The Morgan fingerprint density at radius 1 is 1.04 bits per heavy atom. The van der Waals surface area contributed by atoms with Crippen LogP contribution in [0.2, 0.25) is 0 Å². The molecule has 8 atom stereocenters. The fourth-order valence-electron chi connectivity index (χ4n) is 7.92. The Balaban J connectivity index is 1.71. The fourth-order valence-corrected chi connectivity index (χ4v) is 7.92. The van der Waals surface area contributed by atoms with Gasteiger partial charge in [-0.3, -0.25) is 4.79 Å². The second kappa shape index (κ2) is 5.30. The maximum Gasteiger partial charge on any atom is 0.133 e. The van der Waals surface area contributed by atoms with Gasteiger partial charge in [-0.25, -0.2) is 0 Å². The lowest BCUT2D eigenvalue weighted by Crippen LogP contribution is -2.60. The van der Waals surface area contributed by atoms with E-state index >= 15 is 0 Å². The van der Waals surface area contributed by atoms with Crippen LogP contribution in [0.3, 0.4) is 0 Å². The van der Waals surface area contributed by atoms with Crippen LogP contribution in [-0.4, -0.2) is 28.2 Å². The lowest BCUT2D eigenvalue weighted by molar-refractivity contribution is -0.182. The zero-order valence-electron chi connectivity index (χ0n) is 15.6. The number of hydrogen-bond donors (Lipinski definition) is 2. The topological polar surface area (TPSA) is 57.5 Å². The van der Waals surface area contributed by atoms with E-state index in [2.05, 4.69) is 13.8 Å². The van der Waals surface area contributed by atoms with Crippen molar-refractivity contribution in [2.24, 2.45) is 40.4 Å². The highest BCUT2D eigenvalue weighted by atomic mass is 16.3. The van der Waals surface area contributed by atoms with Gasteiger partial charge in [-0.05, 0) is 80.5 Å². The third-order valence-corrected chi connectivity index (χ3v) is 9.50.